The molecule has 0 aliphatic rings. The molecule has 0 aromatic carbocycles. The number of aromatic amines is 1. The van der Waals surface area contributed by atoms with E-state index in [0.717, 1.165) is 17.0 Å². The number of fused-ring (bicyclic) bond motifs is 1. The summed E-state index contributed by atoms with van der Waals surface area (Å²) in [6, 6.07) is 8.53. The van der Waals surface area contributed by atoms with Gasteiger partial charge in [0.1, 0.15) is 5.15 Å². The molecule has 0 bridgehead atoms. The second-order valence-electron chi connectivity index (χ2n) is 5.38. The van der Waals surface area contributed by atoms with E-state index in [1.54, 1.807) is 22.8 Å². The summed E-state index contributed by atoms with van der Waals surface area (Å²) in [6.45, 7) is 2.46. The van der Waals surface area contributed by atoms with Gasteiger partial charge in [0.05, 0.1) is 23.6 Å². The lowest BCUT2D eigenvalue weighted by Gasteiger charge is -2.06. The molecule has 0 saturated heterocycles. The molecule has 0 fully saturated rings. The molecule has 0 aliphatic carbocycles. The number of aryl methyl sites for hydroxylation is 1. The Morgan fingerprint density at radius 1 is 1.25 bits per heavy atom. The van der Waals surface area contributed by atoms with Crippen LogP contribution in [0, 0.1) is 6.92 Å². The third-order valence-corrected chi connectivity index (χ3v) is 4.01. The molecular weight excluding hydrogens is 328 g/mol. The molecule has 8 heteroatoms. The molecule has 0 saturated carbocycles. The van der Waals surface area contributed by atoms with Gasteiger partial charge in [0.25, 0.3) is 0 Å². The number of halogens is 1. The first-order valence-electron chi connectivity index (χ1n) is 7.33. The highest BCUT2D eigenvalue weighted by molar-refractivity contribution is 6.29. The summed E-state index contributed by atoms with van der Waals surface area (Å²) in [6.07, 6.45) is 3.55. The van der Waals surface area contributed by atoms with Gasteiger partial charge in [-0.15, -0.1) is 0 Å². The Labute approximate surface area is 141 Å². The van der Waals surface area contributed by atoms with Crippen molar-refractivity contribution in [1.29, 1.82) is 0 Å². The Hall–Kier alpha value is -2.93. The highest BCUT2D eigenvalue weighted by Gasteiger charge is 2.13. The molecule has 0 radical (unpaired) electrons. The molecule has 0 unspecified atom stereocenters. The molecule has 0 aliphatic heterocycles. The van der Waals surface area contributed by atoms with Gasteiger partial charge < -0.3 is 9.55 Å². The van der Waals surface area contributed by atoms with Crippen molar-refractivity contribution in [2.75, 3.05) is 0 Å². The summed E-state index contributed by atoms with van der Waals surface area (Å²) in [5.41, 5.74) is 3.01. The summed E-state index contributed by atoms with van der Waals surface area (Å²) in [5.74, 6) is 0.676. The Bertz CT molecular complexity index is 1090. The number of imidazole rings is 2. The number of aromatic nitrogens is 6. The summed E-state index contributed by atoms with van der Waals surface area (Å²) >= 11 is 5.95. The maximum atomic E-state index is 11.5. The third kappa shape index (κ3) is 2.48. The lowest BCUT2D eigenvalue weighted by Crippen LogP contribution is -2.08. The second-order valence-corrected chi connectivity index (χ2v) is 5.76. The van der Waals surface area contributed by atoms with Crippen LogP contribution in [0.5, 0.6) is 0 Å². The van der Waals surface area contributed by atoms with Crippen LogP contribution in [0.25, 0.3) is 17.2 Å². The monoisotopic (exact) mass is 340 g/mol. The van der Waals surface area contributed by atoms with E-state index in [-0.39, 0.29) is 5.56 Å². The fourth-order valence-electron chi connectivity index (χ4n) is 2.64. The predicted molar refractivity (Wildman–Crippen MR) is 90.1 cm³/mol. The van der Waals surface area contributed by atoms with E-state index in [0.29, 0.717) is 23.2 Å². The largest absolute Gasteiger partial charge is 0.324 e. The van der Waals surface area contributed by atoms with Gasteiger partial charge in [0.15, 0.2) is 11.5 Å². The first-order valence-corrected chi connectivity index (χ1v) is 7.71. The maximum Gasteiger partial charge on any atom is 0.248 e. The minimum Gasteiger partial charge on any atom is -0.324 e. The fraction of sp³-hybridized carbons (Fsp3) is 0.125. The van der Waals surface area contributed by atoms with E-state index < -0.39 is 0 Å². The predicted octanol–water partition coefficient (Wildman–Crippen LogP) is 2.29. The Balaban J connectivity index is 1.76. The van der Waals surface area contributed by atoms with E-state index in [2.05, 4.69) is 20.1 Å². The summed E-state index contributed by atoms with van der Waals surface area (Å²) in [7, 11) is 0. The highest BCUT2D eigenvalue weighted by Crippen LogP contribution is 2.18. The van der Waals surface area contributed by atoms with E-state index in [1.165, 1.54) is 6.07 Å². The minimum absolute atomic E-state index is 0.162. The minimum atomic E-state index is -0.162. The van der Waals surface area contributed by atoms with Crippen molar-refractivity contribution in [3.05, 3.63) is 69.6 Å². The SMILES string of the molecule is Cc1c(Cn2ccnc2-c2cccc(=O)[nH]2)nc2ccc(Cl)nn12. The van der Waals surface area contributed by atoms with Gasteiger partial charge in [-0.05, 0) is 25.1 Å². The first kappa shape index (κ1) is 14.6. The Morgan fingerprint density at radius 2 is 2.12 bits per heavy atom. The van der Waals surface area contributed by atoms with Crippen LogP contribution in [-0.2, 0) is 6.54 Å². The number of nitrogens with zero attached hydrogens (tertiary/aromatic N) is 5. The Morgan fingerprint density at radius 3 is 2.96 bits per heavy atom. The number of nitrogens with one attached hydrogen (secondary N) is 1. The number of pyridine rings is 1. The summed E-state index contributed by atoms with van der Waals surface area (Å²) < 4.78 is 3.65. The van der Waals surface area contributed by atoms with Crippen molar-refractivity contribution in [2.24, 2.45) is 0 Å². The van der Waals surface area contributed by atoms with Crippen LogP contribution >= 0.6 is 11.6 Å². The second kappa shape index (κ2) is 5.61. The van der Waals surface area contributed by atoms with E-state index in [9.17, 15) is 4.79 Å². The average molecular weight is 341 g/mol. The van der Waals surface area contributed by atoms with Crippen LogP contribution in [0.3, 0.4) is 0 Å². The quantitative estimate of drug-likeness (QED) is 0.620. The smallest absolute Gasteiger partial charge is 0.248 e. The van der Waals surface area contributed by atoms with Gasteiger partial charge in [-0.25, -0.2) is 14.5 Å². The first-order chi connectivity index (χ1) is 11.6. The van der Waals surface area contributed by atoms with Crippen LogP contribution in [0.4, 0.5) is 0 Å². The molecule has 24 heavy (non-hydrogen) atoms. The number of hydrogen-bond donors (Lipinski definition) is 1. The van der Waals surface area contributed by atoms with Crippen LogP contribution in [0.2, 0.25) is 5.15 Å². The third-order valence-electron chi connectivity index (χ3n) is 3.81. The van der Waals surface area contributed by atoms with Crippen molar-refractivity contribution >= 4 is 17.2 Å². The average Bonchev–Trinajstić information content (AvgIpc) is 3.14. The van der Waals surface area contributed by atoms with Crippen LogP contribution in [0.15, 0.2) is 47.5 Å². The fourth-order valence-corrected chi connectivity index (χ4v) is 2.78. The molecule has 1 N–H and O–H groups in total. The van der Waals surface area contributed by atoms with E-state index >= 15 is 0 Å². The van der Waals surface area contributed by atoms with Gasteiger partial charge in [-0.1, -0.05) is 17.7 Å². The molecular formula is C16H13ClN6O. The molecule has 4 aromatic heterocycles. The molecule has 0 amide bonds. The highest BCUT2D eigenvalue weighted by atomic mass is 35.5. The molecule has 0 atom stereocenters. The molecule has 4 aromatic rings. The van der Waals surface area contributed by atoms with Gasteiger partial charge in [-0.2, -0.15) is 5.10 Å². The van der Waals surface area contributed by atoms with Gasteiger partial charge in [0.2, 0.25) is 5.56 Å². The van der Waals surface area contributed by atoms with E-state index in [4.69, 9.17) is 11.6 Å². The van der Waals surface area contributed by atoms with Crippen molar-refractivity contribution in [2.45, 2.75) is 13.5 Å². The topological polar surface area (TPSA) is 80.9 Å². The molecule has 4 rings (SSSR count). The van der Waals surface area contributed by atoms with Crippen molar-refractivity contribution < 1.29 is 0 Å². The summed E-state index contributed by atoms with van der Waals surface area (Å²) in [4.78, 5) is 23.3. The summed E-state index contributed by atoms with van der Waals surface area (Å²) in [5, 5.41) is 4.68. The van der Waals surface area contributed by atoms with Gasteiger partial charge in [-0.3, -0.25) is 4.79 Å². The molecule has 0 spiro atoms. The Kier molecular flexibility index (Phi) is 3.42. The number of hydrogen-bond acceptors (Lipinski definition) is 4. The van der Waals surface area contributed by atoms with Crippen molar-refractivity contribution in [1.82, 2.24) is 29.1 Å². The van der Waals surface area contributed by atoms with Crippen LogP contribution < -0.4 is 5.56 Å². The molecule has 120 valence electrons. The van der Waals surface area contributed by atoms with Crippen LogP contribution in [-0.4, -0.2) is 29.1 Å². The number of rotatable bonds is 3. The van der Waals surface area contributed by atoms with Crippen molar-refractivity contribution in [3.63, 3.8) is 0 Å². The maximum absolute atomic E-state index is 11.5. The van der Waals surface area contributed by atoms with Crippen LogP contribution in [0.1, 0.15) is 11.4 Å². The zero-order chi connectivity index (χ0) is 16.7. The number of H-pyrrole nitrogens is 1. The lowest BCUT2D eigenvalue weighted by atomic mass is 10.3. The lowest BCUT2D eigenvalue weighted by molar-refractivity contribution is 0.773. The van der Waals surface area contributed by atoms with E-state index in [1.807, 2.05) is 29.8 Å². The molecule has 7 nitrogen and oxygen atoms in total. The normalized spacial score (nSPS) is 11.2. The van der Waals surface area contributed by atoms with Crippen molar-refractivity contribution in [3.8, 4) is 11.5 Å². The zero-order valence-corrected chi connectivity index (χ0v) is 13.5. The standard InChI is InChI=1S/C16H13ClN6O/c1-10-12(19-14-6-5-13(17)21-23(10)14)9-22-8-7-18-16(22)11-3-2-4-15(24)20-11/h2-8H,9H2,1H3,(H,20,24). The zero-order valence-electron chi connectivity index (χ0n) is 12.8. The van der Waals surface area contributed by atoms with Gasteiger partial charge >= 0.3 is 0 Å². The molecule has 4 heterocycles. The van der Waals surface area contributed by atoms with Gasteiger partial charge in [0, 0.05) is 18.5 Å².